The van der Waals surface area contributed by atoms with Crippen molar-refractivity contribution in [2.45, 2.75) is 52.6 Å². The highest BCUT2D eigenvalue weighted by Gasteiger charge is 2.27. The van der Waals surface area contributed by atoms with Gasteiger partial charge in [0, 0.05) is 31.5 Å². The number of aromatic nitrogens is 2. The van der Waals surface area contributed by atoms with E-state index in [1.54, 1.807) is 32.9 Å². The summed E-state index contributed by atoms with van der Waals surface area (Å²) in [7, 11) is 0. The van der Waals surface area contributed by atoms with E-state index < -0.39 is 35.7 Å². The molecule has 1 aromatic carbocycles. The van der Waals surface area contributed by atoms with Crippen LogP contribution in [-0.2, 0) is 27.3 Å². The fourth-order valence-corrected chi connectivity index (χ4v) is 4.22. The van der Waals surface area contributed by atoms with E-state index in [0.29, 0.717) is 37.4 Å². The van der Waals surface area contributed by atoms with Crippen LogP contribution in [-0.4, -0.2) is 68.2 Å². The smallest absolute Gasteiger partial charge is 0.326 e. The van der Waals surface area contributed by atoms with Gasteiger partial charge in [0.15, 0.2) is 0 Å². The largest absolute Gasteiger partial charge is 0.493 e. The van der Waals surface area contributed by atoms with E-state index in [1.807, 2.05) is 0 Å². The fourth-order valence-electron chi connectivity index (χ4n) is 3.93. The van der Waals surface area contributed by atoms with Crippen molar-refractivity contribution in [3.05, 3.63) is 39.9 Å². The van der Waals surface area contributed by atoms with Crippen molar-refractivity contribution < 1.29 is 34.5 Å². The molecular weight excluding hydrogens is 544 g/mol. The van der Waals surface area contributed by atoms with Crippen LogP contribution in [0.2, 0.25) is 5.02 Å². The molecule has 14 heteroatoms. The molecule has 2 heterocycles. The Morgan fingerprint density at radius 1 is 1.18 bits per heavy atom. The standard InChI is InChI=1S/C26H33ClN6O7/c1-26(2,3)24(40)33-25-31-20-16(22(37)32-25)8-14(12-29-20)11-28-10-13-4-5-15(17(27)9-13)21(36)30-18(23(38)39)6-7-19(34)35/h4-5,9,14,18,28H,6-8,10-12H2,1-3H3,(H,30,36)(H,34,35)(H,38,39)(H3,29,31,32,33,37,40)/t14?,18-/m0/s1. The summed E-state index contributed by atoms with van der Waals surface area (Å²) in [6.45, 7) is 6.88. The average molecular weight is 577 g/mol. The minimum atomic E-state index is -1.35. The number of nitrogens with zero attached hydrogens (tertiary/aromatic N) is 2. The second-order valence-corrected chi connectivity index (χ2v) is 11.0. The number of nitrogens with one attached hydrogen (secondary N) is 4. The van der Waals surface area contributed by atoms with Crippen molar-refractivity contribution >= 4 is 47.1 Å². The van der Waals surface area contributed by atoms with E-state index in [-0.39, 0.29) is 40.7 Å². The normalized spacial score (nSPS) is 15.3. The lowest BCUT2D eigenvalue weighted by Gasteiger charge is -2.26. The highest BCUT2D eigenvalue weighted by Crippen LogP contribution is 2.31. The first kappa shape index (κ1) is 30.6. The summed E-state index contributed by atoms with van der Waals surface area (Å²) < 4.78 is 0. The summed E-state index contributed by atoms with van der Waals surface area (Å²) in [4.78, 5) is 55.2. The Morgan fingerprint density at radius 2 is 1.90 bits per heavy atom. The van der Waals surface area contributed by atoms with E-state index >= 15 is 0 Å². The van der Waals surface area contributed by atoms with Crippen LogP contribution in [0.5, 0.6) is 5.88 Å². The zero-order valence-electron chi connectivity index (χ0n) is 22.4. The van der Waals surface area contributed by atoms with Gasteiger partial charge in [0.1, 0.15) is 11.9 Å². The molecule has 0 bridgehead atoms. The Labute approximate surface area is 235 Å². The van der Waals surface area contributed by atoms with Crippen LogP contribution in [0, 0.1) is 11.3 Å². The Kier molecular flexibility index (Phi) is 9.88. The van der Waals surface area contributed by atoms with Crippen LogP contribution >= 0.6 is 11.6 Å². The second-order valence-electron chi connectivity index (χ2n) is 10.6. The van der Waals surface area contributed by atoms with Gasteiger partial charge in [0.2, 0.25) is 17.7 Å². The molecule has 7 N–H and O–H groups in total. The summed E-state index contributed by atoms with van der Waals surface area (Å²) in [5.41, 5.74) is 0.793. The molecule has 0 radical (unpaired) electrons. The molecule has 0 saturated carbocycles. The lowest BCUT2D eigenvalue weighted by Crippen LogP contribution is -2.41. The van der Waals surface area contributed by atoms with E-state index in [2.05, 4.69) is 31.2 Å². The van der Waals surface area contributed by atoms with Crippen LogP contribution in [0.1, 0.15) is 55.1 Å². The van der Waals surface area contributed by atoms with Crippen LogP contribution in [0.4, 0.5) is 11.8 Å². The van der Waals surface area contributed by atoms with Crippen molar-refractivity contribution in [1.82, 2.24) is 20.6 Å². The number of anilines is 2. The van der Waals surface area contributed by atoms with Gasteiger partial charge in [-0.25, -0.2) is 4.79 Å². The maximum atomic E-state index is 12.5. The maximum Gasteiger partial charge on any atom is 0.326 e. The topological polar surface area (TPSA) is 203 Å². The summed E-state index contributed by atoms with van der Waals surface area (Å²) in [6.07, 6.45) is -0.141. The molecule has 1 aliphatic heterocycles. The van der Waals surface area contributed by atoms with Crippen LogP contribution < -0.4 is 21.3 Å². The van der Waals surface area contributed by atoms with Gasteiger partial charge in [-0.3, -0.25) is 19.7 Å². The molecule has 0 spiro atoms. The number of carbonyl (C=O) groups is 4. The molecular formula is C26H33ClN6O7. The van der Waals surface area contributed by atoms with E-state index in [1.165, 1.54) is 6.07 Å². The molecule has 0 fully saturated rings. The minimum absolute atomic E-state index is 0.0352. The van der Waals surface area contributed by atoms with Gasteiger partial charge < -0.3 is 31.3 Å². The van der Waals surface area contributed by atoms with Gasteiger partial charge in [0.25, 0.3) is 5.91 Å². The molecule has 0 aliphatic carbocycles. The highest BCUT2D eigenvalue weighted by molar-refractivity contribution is 6.34. The first-order chi connectivity index (χ1) is 18.7. The molecule has 216 valence electrons. The molecule has 1 aliphatic rings. The van der Waals surface area contributed by atoms with Crippen LogP contribution in [0.25, 0.3) is 0 Å². The summed E-state index contributed by atoms with van der Waals surface area (Å²) in [6, 6.07) is 3.41. The molecule has 1 unspecified atom stereocenters. The Morgan fingerprint density at radius 3 is 2.52 bits per heavy atom. The lowest BCUT2D eigenvalue weighted by atomic mass is 9.95. The van der Waals surface area contributed by atoms with Gasteiger partial charge in [-0.1, -0.05) is 38.4 Å². The summed E-state index contributed by atoms with van der Waals surface area (Å²) >= 11 is 6.28. The zero-order chi connectivity index (χ0) is 29.6. The van der Waals surface area contributed by atoms with Gasteiger partial charge in [-0.15, -0.1) is 0 Å². The number of hydrogen-bond acceptors (Lipinski definition) is 9. The number of carboxylic acids is 2. The number of fused-ring (bicyclic) bond motifs is 1. The SMILES string of the molecule is CC(C)(C)C(=O)Nc1nc(O)c2c(n1)NCC(CNCc1ccc(C(=O)N[C@@H](CCC(=O)O)C(=O)O)c(Cl)c1)C2. The van der Waals surface area contributed by atoms with Crippen LogP contribution in [0.3, 0.4) is 0 Å². The molecule has 2 aromatic rings. The van der Waals surface area contributed by atoms with E-state index in [0.717, 1.165) is 5.56 Å². The number of benzene rings is 1. The summed E-state index contributed by atoms with van der Waals surface area (Å²) in [5.74, 6) is -3.05. The highest BCUT2D eigenvalue weighted by atomic mass is 35.5. The molecule has 1 aromatic heterocycles. The first-order valence-corrected chi connectivity index (χ1v) is 13.0. The van der Waals surface area contributed by atoms with Gasteiger partial charge in [-0.05, 0) is 36.5 Å². The number of aliphatic carboxylic acids is 2. The number of rotatable bonds is 11. The van der Waals surface area contributed by atoms with Crippen molar-refractivity contribution in [2.24, 2.45) is 11.3 Å². The predicted molar refractivity (Wildman–Crippen MR) is 146 cm³/mol. The number of carbonyl (C=O) groups excluding carboxylic acids is 2. The second kappa shape index (κ2) is 12.9. The number of aromatic hydroxyl groups is 1. The monoisotopic (exact) mass is 576 g/mol. The molecule has 2 amide bonds. The Bertz CT molecular complexity index is 1300. The third kappa shape index (κ3) is 8.26. The molecule has 13 nitrogen and oxygen atoms in total. The average Bonchev–Trinajstić information content (AvgIpc) is 2.86. The number of carboxylic acid groups (broad SMARTS) is 2. The molecule has 0 saturated heterocycles. The van der Waals surface area contributed by atoms with E-state index in [4.69, 9.17) is 16.7 Å². The summed E-state index contributed by atoms with van der Waals surface area (Å²) in [5, 5.41) is 40.0. The maximum absolute atomic E-state index is 12.5. The van der Waals surface area contributed by atoms with Crippen molar-refractivity contribution in [3.8, 4) is 5.88 Å². The first-order valence-electron chi connectivity index (χ1n) is 12.6. The number of halogens is 1. The van der Waals surface area contributed by atoms with Gasteiger partial charge >= 0.3 is 11.9 Å². The Hall–Kier alpha value is -3.97. The van der Waals surface area contributed by atoms with E-state index in [9.17, 15) is 29.4 Å². The molecule has 3 rings (SSSR count). The number of amides is 2. The van der Waals surface area contributed by atoms with Gasteiger partial charge in [-0.2, -0.15) is 9.97 Å². The lowest BCUT2D eigenvalue weighted by molar-refractivity contribution is -0.140. The molecule has 40 heavy (non-hydrogen) atoms. The molecule has 2 atom stereocenters. The fraction of sp³-hybridized carbons (Fsp3) is 0.462. The third-order valence-electron chi connectivity index (χ3n) is 6.23. The Balaban J connectivity index is 1.54. The van der Waals surface area contributed by atoms with Crippen molar-refractivity contribution in [2.75, 3.05) is 23.7 Å². The zero-order valence-corrected chi connectivity index (χ0v) is 23.1. The van der Waals surface area contributed by atoms with Gasteiger partial charge in [0.05, 0.1) is 16.1 Å². The number of hydrogen-bond donors (Lipinski definition) is 7. The third-order valence-corrected chi connectivity index (χ3v) is 6.55. The minimum Gasteiger partial charge on any atom is -0.493 e. The quantitative estimate of drug-likeness (QED) is 0.207. The van der Waals surface area contributed by atoms with Crippen molar-refractivity contribution in [3.63, 3.8) is 0 Å². The van der Waals surface area contributed by atoms with Crippen molar-refractivity contribution in [1.29, 1.82) is 0 Å². The predicted octanol–water partition coefficient (Wildman–Crippen LogP) is 2.24. The van der Waals surface area contributed by atoms with Crippen LogP contribution in [0.15, 0.2) is 18.2 Å².